The van der Waals surface area contributed by atoms with Gasteiger partial charge in [0.15, 0.2) is 16.9 Å². The molecule has 43 heavy (non-hydrogen) atoms. The highest BCUT2D eigenvalue weighted by molar-refractivity contribution is 8.02. The number of anilines is 1. The zero-order chi connectivity index (χ0) is 30.7. The second-order valence-electron chi connectivity index (χ2n) is 9.96. The molecule has 2 aromatic carbocycles. The lowest BCUT2D eigenvalue weighted by Crippen LogP contribution is -2.40. The van der Waals surface area contributed by atoms with E-state index in [0.29, 0.717) is 35.1 Å². The van der Waals surface area contributed by atoms with Crippen molar-refractivity contribution >= 4 is 56.6 Å². The third-order valence-corrected chi connectivity index (χ3v) is 10.7. The fourth-order valence-electron chi connectivity index (χ4n) is 4.43. The molecule has 2 heterocycles. The number of aromatic nitrogens is 1. The number of pyridine rings is 1. The first-order chi connectivity index (χ1) is 20.5. The summed E-state index contributed by atoms with van der Waals surface area (Å²) in [6, 6.07) is 9.91. The predicted molar refractivity (Wildman–Crippen MR) is 159 cm³/mol. The van der Waals surface area contributed by atoms with Crippen LogP contribution in [0.1, 0.15) is 30.1 Å². The number of rotatable bonds is 12. The zero-order valence-corrected chi connectivity index (χ0v) is 25.6. The van der Waals surface area contributed by atoms with Gasteiger partial charge in [-0.3, -0.25) is 4.98 Å². The van der Waals surface area contributed by atoms with Crippen molar-refractivity contribution in [3.05, 3.63) is 76.0 Å². The molecule has 5 rings (SSSR count). The molecule has 1 aliphatic heterocycles. The van der Waals surface area contributed by atoms with Crippen LogP contribution in [0.15, 0.2) is 59.8 Å². The molecule has 1 aromatic heterocycles. The highest BCUT2D eigenvalue weighted by atomic mass is 35.5. The minimum absolute atomic E-state index is 0.0130. The third kappa shape index (κ3) is 7.63. The van der Waals surface area contributed by atoms with E-state index < -0.39 is 34.1 Å². The molecule has 230 valence electrons. The van der Waals surface area contributed by atoms with Crippen molar-refractivity contribution < 1.29 is 36.2 Å². The van der Waals surface area contributed by atoms with E-state index in [1.54, 1.807) is 0 Å². The van der Waals surface area contributed by atoms with Crippen LogP contribution >= 0.6 is 35.0 Å². The molecule has 9 nitrogen and oxygen atoms in total. The van der Waals surface area contributed by atoms with E-state index in [2.05, 4.69) is 9.72 Å². The summed E-state index contributed by atoms with van der Waals surface area (Å²) in [7, 11) is -4.06. The number of alkyl halides is 2. The van der Waals surface area contributed by atoms with Crippen LogP contribution < -0.4 is 15.2 Å². The molecule has 2 fully saturated rings. The first-order valence-electron chi connectivity index (χ1n) is 13.2. The number of nitrogen functional groups attached to an aromatic ring is 1. The van der Waals surface area contributed by atoms with Gasteiger partial charge in [-0.05, 0) is 66.3 Å². The molecule has 2 aliphatic rings. The van der Waals surface area contributed by atoms with Crippen LogP contribution in [0.4, 0.5) is 14.5 Å². The zero-order valence-electron chi connectivity index (χ0n) is 22.5. The topological polar surface area (TPSA) is 121 Å². The van der Waals surface area contributed by atoms with Crippen LogP contribution in [0, 0.1) is 5.92 Å². The number of hydrogen-bond acceptors (Lipinski definition) is 9. The Morgan fingerprint density at radius 3 is 2.44 bits per heavy atom. The van der Waals surface area contributed by atoms with E-state index in [1.165, 1.54) is 54.9 Å². The normalized spacial score (nSPS) is 18.0. The number of thioether (sulfide) groups is 1. The summed E-state index contributed by atoms with van der Waals surface area (Å²) in [5.74, 6) is -0.253. The lowest BCUT2D eigenvalue weighted by Gasteiger charge is -2.26. The third-order valence-electron chi connectivity index (χ3n) is 6.86. The molecule has 0 amide bonds. The quantitative estimate of drug-likeness (QED) is 0.184. The van der Waals surface area contributed by atoms with E-state index in [9.17, 15) is 22.0 Å². The number of hydrogen-bond donors (Lipinski definition) is 1. The number of nitrogens with zero attached hydrogens (tertiary/aromatic N) is 2. The number of carbonyl (C=O) groups excluding carboxylic acids is 1. The average Bonchev–Trinajstić information content (AvgIpc) is 3.65. The maximum atomic E-state index is 13.6. The van der Waals surface area contributed by atoms with Crippen molar-refractivity contribution in [2.24, 2.45) is 5.92 Å². The van der Waals surface area contributed by atoms with Gasteiger partial charge in [0.1, 0.15) is 6.10 Å². The number of benzene rings is 2. The number of halogens is 4. The highest BCUT2D eigenvalue weighted by Gasteiger charge is 2.42. The fraction of sp³-hybridized carbons (Fsp3) is 0.357. The molecule has 0 radical (unpaired) electrons. The molecule has 0 spiro atoms. The number of sulfonamides is 1. The number of esters is 1. The fourth-order valence-corrected chi connectivity index (χ4v) is 8.00. The van der Waals surface area contributed by atoms with Gasteiger partial charge >= 0.3 is 12.6 Å². The minimum Gasteiger partial charge on any atom is -0.489 e. The van der Waals surface area contributed by atoms with Crippen molar-refractivity contribution in [1.82, 2.24) is 9.29 Å². The number of carbonyl (C=O) groups is 1. The molecule has 1 aliphatic carbocycles. The largest absolute Gasteiger partial charge is 0.489 e. The maximum Gasteiger partial charge on any atom is 0.387 e. The second-order valence-corrected chi connectivity index (χ2v) is 13.9. The summed E-state index contributed by atoms with van der Waals surface area (Å²) < 4.78 is 70.6. The summed E-state index contributed by atoms with van der Waals surface area (Å²) in [5.41, 5.74) is 6.91. The Morgan fingerprint density at radius 1 is 1.09 bits per heavy atom. The van der Waals surface area contributed by atoms with Crippen LogP contribution in [0.5, 0.6) is 11.5 Å². The Balaban J connectivity index is 1.46. The van der Waals surface area contributed by atoms with E-state index in [0.717, 1.165) is 28.9 Å². The van der Waals surface area contributed by atoms with Crippen LogP contribution in [-0.4, -0.2) is 54.6 Å². The minimum atomic E-state index is -4.06. The van der Waals surface area contributed by atoms with Crippen LogP contribution in [-0.2, 0) is 26.0 Å². The van der Waals surface area contributed by atoms with Gasteiger partial charge in [-0.1, -0.05) is 29.3 Å². The first-order valence-corrected chi connectivity index (χ1v) is 16.5. The van der Waals surface area contributed by atoms with Crippen molar-refractivity contribution in [2.75, 3.05) is 24.6 Å². The number of ether oxygens (including phenoxy) is 3. The van der Waals surface area contributed by atoms with Gasteiger partial charge in [0.25, 0.3) is 0 Å². The molecule has 1 unspecified atom stereocenters. The molecule has 3 aromatic rings. The van der Waals surface area contributed by atoms with Gasteiger partial charge < -0.3 is 19.9 Å². The molecular formula is C28H27Cl2F2N3O6S2. The predicted octanol–water partition coefficient (Wildman–Crippen LogP) is 5.95. The molecule has 2 atom stereocenters. The van der Waals surface area contributed by atoms with Crippen molar-refractivity contribution in [1.29, 1.82) is 0 Å². The smallest absolute Gasteiger partial charge is 0.387 e. The summed E-state index contributed by atoms with van der Waals surface area (Å²) in [5, 5.41) is -0.737. The standard InChI is InChI=1S/C28H27Cl2F2N3O6S2/c29-21-13-34-14-22(30)20(21)12-24(17-3-8-23(41-28(31)32)25(11-17)39-15-16-1-2-16)40-27(36)26-35(9-10-42-26)43(37,38)19-6-4-18(33)5-7-19/h3-8,11,13-14,16,24,26,28H,1-2,9-10,12,15,33H2/t24-,26?/m0/s1. The Morgan fingerprint density at radius 2 is 1.79 bits per heavy atom. The lowest BCUT2D eigenvalue weighted by molar-refractivity contribution is -0.150. The van der Waals surface area contributed by atoms with E-state index in [1.807, 2.05) is 0 Å². The molecular weight excluding hydrogens is 647 g/mol. The van der Waals surface area contributed by atoms with Gasteiger partial charge in [-0.25, -0.2) is 13.2 Å². The molecule has 0 bridgehead atoms. The van der Waals surface area contributed by atoms with E-state index in [-0.39, 0.29) is 39.4 Å². The first kappa shape index (κ1) is 31.6. The monoisotopic (exact) mass is 673 g/mol. The van der Waals surface area contributed by atoms with Gasteiger partial charge in [0, 0.05) is 36.8 Å². The van der Waals surface area contributed by atoms with Crippen LogP contribution in [0.3, 0.4) is 0 Å². The van der Waals surface area contributed by atoms with E-state index in [4.69, 9.17) is 38.4 Å². The highest BCUT2D eigenvalue weighted by Crippen LogP contribution is 2.39. The van der Waals surface area contributed by atoms with Gasteiger partial charge in [-0.15, -0.1) is 11.8 Å². The molecule has 1 saturated heterocycles. The Kier molecular flexibility index (Phi) is 9.86. The van der Waals surface area contributed by atoms with Crippen LogP contribution in [0.25, 0.3) is 0 Å². The van der Waals surface area contributed by atoms with Crippen molar-refractivity contribution in [2.45, 2.75) is 42.2 Å². The lowest BCUT2D eigenvalue weighted by atomic mass is 10.0. The second kappa shape index (κ2) is 13.4. The SMILES string of the molecule is Nc1ccc(S(=O)(=O)N2CCSC2C(=O)O[C@@H](Cc2c(Cl)cncc2Cl)c2ccc(OC(F)F)c(OCC3CC3)c2)cc1. The summed E-state index contributed by atoms with van der Waals surface area (Å²) in [4.78, 5) is 17.6. The van der Waals surface area contributed by atoms with Crippen LogP contribution in [0.2, 0.25) is 10.0 Å². The average molecular weight is 675 g/mol. The van der Waals surface area contributed by atoms with Crippen molar-refractivity contribution in [3.63, 3.8) is 0 Å². The van der Waals surface area contributed by atoms with Crippen molar-refractivity contribution in [3.8, 4) is 11.5 Å². The summed E-state index contributed by atoms with van der Waals surface area (Å²) >= 11 is 13.9. The summed E-state index contributed by atoms with van der Waals surface area (Å²) in [6.45, 7) is -2.68. The van der Waals surface area contributed by atoms with Gasteiger partial charge in [0.05, 0.1) is 21.5 Å². The van der Waals surface area contributed by atoms with E-state index >= 15 is 0 Å². The Labute approximate surface area is 261 Å². The Hall–Kier alpha value is -2.84. The Bertz CT molecular complexity index is 1560. The molecule has 15 heteroatoms. The summed E-state index contributed by atoms with van der Waals surface area (Å²) in [6.07, 6.45) is 3.64. The van der Waals surface area contributed by atoms with Gasteiger partial charge in [0.2, 0.25) is 10.0 Å². The molecule has 1 saturated carbocycles. The van der Waals surface area contributed by atoms with Gasteiger partial charge in [-0.2, -0.15) is 13.1 Å². The number of nitrogens with two attached hydrogens (primary N) is 1. The maximum absolute atomic E-state index is 13.6. The molecule has 2 N–H and O–H groups in total.